The minimum Gasteiger partial charge on any atom is -0.451 e. The number of nitrogens with one attached hydrogen (secondary N) is 1. The van der Waals surface area contributed by atoms with Crippen LogP contribution in [0.2, 0.25) is 0 Å². The number of amides is 1. The molecule has 7 heteroatoms. The standard InChI is InChI=1S/C24H25N3O4/c1-2-30-15-18-17-7-3-6-10-21(17)31-22(18)23(28)26-13-11-16(12-14-26)27-20-9-5-4-8-19(20)25-24(27)29/h3-10,16H,2,11-15H2,1H3,(H,25,29). The van der Waals surface area contributed by atoms with E-state index in [1.54, 1.807) is 0 Å². The molecule has 0 bridgehead atoms. The van der Waals surface area contributed by atoms with Gasteiger partial charge in [-0.3, -0.25) is 9.36 Å². The van der Waals surface area contributed by atoms with Gasteiger partial charge in [-0.25, -0.2) is 4.79 Å². The highest BCUT2D eigenvalue weighted by molar-refractivity contribution is 5.99. The van der Waals surface area contributed by atoms with Gasteiger partial charge in [0.2, 0.25) is 0 Å². The molecule has 31 heavy (non-hydrogen) atoms. The fourth-order valence-corrected chi connectivity index (χ4v) is 4.53. The Hall–Kier alpha value is -3.32. The Morgan fingerprint density at radius 2 is 1.87 bits per heavy atom. The average molecular weight is 419 g/mol. The van der Waals surface area contributed by atoms with Crippen molar-refractivity contribution in [3.63, 3.8) is 0 Å². The molecule has 3 heterocycles. The third-order valence-corrected chi connectivity index (χ3v) is 6.08. The SMILES string of the molecule is CCOCc1c(C(=O)N2CCC(n3c(=O)[nH]c4ccccc43)CC2)oc2ccccc12. The van der Waals surface area contributed by atoms with Crippen molar-refractivity contribution in [3.05, 3.63) is 70.3 Å². The first-order valence-corrected chi connectivity index (χ1v) is 10.7. The summed E-state index contributed by atoms with van der Waals surface area (Å²) < 4.78 is 13.4. The van der Waals surface area contributed by atoms with E-state index in [4.69, 9.17) is 9.15 Å². The van der Waals surface area contributed by atoms with E-state index in [0.717, 1.165) is 22.0 Å². The monoisotopic (exact) mass is 419 g/mol. The van der Waals surface area contributed by atoms with Gasteiger partial charge in [-0.2, -0.15) is 0 Å². The zero-order valence-electron chi connectivity index (χ0n) is 17.5. The number of H-pyrrole nitrogens is 1. The number of benzene rings is 2. The first kappa shape index (κ1) is 19.6. The van der Waals surface area contributed by atoms with Gasteiger partial charge in [0.05, 0.1) is 17.6 Å². The molecule has 7 nitrogen and oxygen atoms in total. The maximum Gasteiger partial charge on any atom is 0.326 e. The summed E-state index contributed by atoms with van der Waals surface area (Å²) in [5.41, 5.74) is 3.16. The van der Waals surface area contributed by atoms with Gasteiger partial charge in [0.25, 0.3) is 5.91 Å². The minimum absolute atomic E-state index is 0.0614. The number of carbonyl (C=O) groups is 1. The number of piperidine rings is 1. The molecule has 0 radical (unpaired) electrons. The lowest BCUT2D eigenvalue weighted by Gasteiger charge is -2.32. The third-order valence-electron chi connectivity index (χ3n) is 6.08. The highest BCUT2D eigenvalue weighted by atomic mass is 16.5. The molecule has 0 unspecified atom stereocenters. The summed E-state index contributed by atoms with van der Waals surface area (Å²) in [6.07, 6.45) is 1.43. The topological polar surface area (TPSA) is 80.5 Å². The molecule has 0 aliphatic carbocycles. The molecular weight excluding hydrogens is 394 g/mol. The van der Waals surface area contributed by atoms with Gasteiger partial charge in [0.1, 0.15) is 5.58 Å². The Morgan fingerprint density at radius 1 is 1.13 bits per heavy atom. The first-order chi connectivity index (χ1) is 15.2. The summed E-state index contributed by atoms with van der Waals surface area (Å²) in [6, 6.07) is 15.4. The molecule has 0 spiro atoms. The van der Waals surface area contributed by atoms with E-state index >= 15 is 0 Å². The lowest BCUT2D eigenvalue weighted by atomic mass is 10.0. The van der Waals surface area contributed by atoms with Gasteiger partial charge < -0.3 is 19.0 Å². The largest absolute Gasteiger partial charge is 0.451 e. The van der Waals surface area contributed by atoms with E-state index in [0.29, 0.717) is 50.5 Å². The van der Waals surface area contributed by atoms with Crippen molar-refractivity contribution in [2.75, 3.05) is 19.7 Å². The summed E-state index contributed by atoms with van der Waals surface area (Å²) >= 11 is 0. The number of likely N-dealkylation sites (tertiary alicyclic amines) is 1. The number of hydrogen-bond donors (Lipinski definition) is 1. The van der Waals surface area contributed by atoms with E-state index in [-0.39, 0.29) is 17.6 Å². The van der Waals surface area contributed by atoms with Gasteiger partial charge in [-0.15, -0.1) is 0 Å². The molecule has 0 atom stereocenters. The molecule has 2 aromatic heterocycles. The Kier molecular flexibility index (Phi) is 5.11. The van der Waals surface area contributed by atoms with Crippen LogP contribution in [0, 0.1) is 0 Å². The maximum absolute atomic E-state index is 13.3. The number of rotatable bonds is 5. The van der Waals surface area contributed by atoms with E-state index < -0.39 is 0 Å². The maximum atomic E-state index is 13.3. The summed E-state index contributed by atoms with van der Waals surface area (Å²) in [4.78, 5) is 30.6. The van der Waals surface area contributed by atoms with E-state index in [2.05, 4.69) is 4.98 Å². The Balaban J connectivity index is 1.38. The van der Waals surface area contributed by atoms with Gasteiger partial charge in [0.15, 0.2) is 5.76 Å². The summed E-state index contributed by atoms with van der Waals surface area (Å²) in [5.74, 6) is 0.244. The lowest BCUT2D eigenvalue weighted by molar-refractivity contribution is 0.0655. The molecule has 160 valence electrons. The Morgan fingerprint density at radius 3 is 2.68 bits per heavy atom. The van der Waals surface area contributed by atoms with Crippen LogP contribution in [0.3, 0.4) is 0 Å². The zero-order valence-corrected chi connectivity index (χ0v) is 17.5. The fraction of sp³-hybridized carbons (Fsp3) is 0.333. The second-order valence-corrected chi connectivity index (χ2v) is 7.88. The molecule has 1 aliphatic rings. The van der Waals surface area contributed by atoms with Crippen LogP contribution >= 0.6 is 0 Å². The number of ether oxygens (including phenoxy) is 1. The number of nitrogens with zero attached hydrogens (tertiary/aromatic N) is 2. The van der Waals surface area contributed by atoms with Gasteiger partial charge in [-0.05, 0) is 38.0 Å². The predicted octanol–water partition coefficient (Wildman–Crippen LogP) is 4.09. The Bertz CT molecular complexity index is 1290. The van der Waals surface area contributed by atoms with Crippen molar-refractivity contribution >= 4 is 27.9 Å². The molecule has 1 aliphatic heterocycles. The van der Waals surface area contributed by atoms with Gasteiger partial charge in [0, 0.05) is 36.7 Å². The molecule has 1 fully saturated rings. The zero-order chi connectivity index (χ0) is 21.4. The molecular formula is C24H25N3O4. The van der Waals surface area contributed by atoms with Crippen LogP contribution in [0.5, 0.6) is 0 Å². The predicted molar refractivity (Wildman–Crippen MR) is 118 cm³/mol. The third kappa shape index (κ3) is 3.45. The van der Waals surface area contributed by atoms with E-state index in [9.17, 15) is 9.59 Å². The number of para-hydroxylation sites is 3. The van der Waals surface area contributed by atoms with Crippen LogP contribution in [0.25, 0.3) is 22.0 Å². The number of furan rings is 1. The second-order valence-electron chi connectivity index (χ2n) is 7.88. The molecule has 2 aromatic carbocycles. The molecule has 0 saturated carbocycles. The van der Waals surface area contributed by atoms with Crippen LogP contribution in [-0.4, -0.2) is 40.1 Å². The van der Waals surface area contributed by atoms with Crippen molar-refractivity contribution in [1.29, 1.82) is 0 Å². The number of carbonyl (C=O) groups excluding carboxylic acids is 1. The van der Waals surface area contributed by atoms with Crippen LogP contribution in [-0.2, 0) is 11.3 Å². The van der Waals surface area contributed by atoms with Crippen molar-refractivity contribution < 1.29 is 13.9 Å². The van der Waals surface area contributed by atoms with Crippen LogP contribution in [0.15, 0.2) is 57.7 Å². The van der Waals surface area contributed by atoms with Crippen molar-refractivity contribution in [2.45, 2.75) is 32.4 Å². The number of fused-ring (bicyclic) bond motifs is 2. The quantitative estimate of drug-likeness (QED) is 0.528. The van der Waals surface area contributed by atoms with Crippen LogP contribution < -0.4 is 5.69 Å². The number of hydrogen-bond acceptors (Lipinski definition) is 4. The minimum atomic E-state index is -0.115. The number of imidazole rings is 1. The van der Waals surface area contributed by atoms with Gasteiger partial charge >= 0.3 is 5.69 Å². The van der Waals surface area contributed by atoms with Crippen LogP contribution in [0.4, 0.5) is 0 Å². The van der Waals surface area contributed by atoms with E-state index in [1.165, 1.54) is 0 Å². The molecule has 5 rings (SSSR count). The van der Waals surface area contributed by atoms with E-state index in [1.807, 2.05) is 64.9 Å². The van der Waals surface area contributed by atoms with Crippen molar-refractivity contribution in [2.24, 2.45) is 0 Å². The normalized spacial score (nSPS) is 15.2. The number of aromatic nitrogens is 2. The summed E-state index contributed by atoms with van der Waals surface area (Å²) in [5, 5.41) is 0.916. The average Bonchev–Trinajstić information content (AvgIpc) is 3.34. The molecule has 1 N–H and O–H groups in total. The fourth-order valence-electron chi connectivity index (χ4n) is 4.53. The first-order valence-electron chi connectivity index (χ1n) is 10.7. The summed E-state index contributed by atoms with van der Waals surface area (Å²) in [7, 11) is 0. The van der Waals surface area contributed by atoms with Crippen molar-refractivity contribution in [3.8, 4) is 0 Å². The van der Waals surface area contributed by atoms with Gasteiger partial charge in [-0.1, -0.05) is 30.3 Å². The molecule has 1 saturated heterocycles. The highest BCUT2D eigenvalue weighted by Gasteiger charge is 2.30. The lowest BCUT2D eigenvalue weighted by Crippen LogP contribution is -2.40. The smallest absolute Gasteiger partial charge is 0.326 e. The van der Waals surface area contributed by atoms with Crippen molar-refractivity contribution in [1.82, 2.24) is 14.5 Å². The Labute approximate surface area is 179 Å². The second kappa shape index (κ2) is 8.07. The summed E-state index contributed by atoms with van der Waals surface area (Å²) in [6.45, 7) is 3.98. The molecule has 1 amide bonds. The number of aromatic amines is 1. The molecule has 4 aromatic rings. The highest BCUT2D eigenvalue weighted by Crippen LogP contribution is 2.30. The van der Waals surface area contributed by atoms with Crippen LogP contribution in [0.1, 0.15) is 41.9 Å².